The Morgan fingerprint density at radius 2 is 2.10 bits per heavy atom. The maximum absolute atomic E-state index is 12.9. The first-order chi connectivity index (χ1) is 9.40. The van der Waals surface area contributed by atoms with Gasteiger partial charge in [-0.1, -0.05) is 13.8 Å². The van der Waals surface area contributed by atoms with Crippen molar-refractivity contribution in [3.63, 3.8) is 0 Å². The number of carbonyl (C=O) groups is 1. The average Bonchev–Trinajstić information content (AvgIpc) is 2.44. The minimum atomic E-state index is -0.883. The summed E-state index contributed by atoms with van der Waals surface area (Å²) in [5.74, 6) is -0.325. The molecule has 0 bridgehead atoms. The van der Waals surface area contributed by atoms with Gasteiger partial charge in [-0.15, -0.1) is 0 Å². The van der Waals surface area contributed by atoms with Crippen molar-refractivity contribution in [2.45, 2.75) is 32.3 Å². The predicted molar refractivity (Wildman–Crippen MR) is 78.1 cm³/mol. The molecular formula is C14H19BrFNO3. The van der Waals surface area contributed by atoms with Gasteiger partial charge in [-0.25, -0.2) is 4.39 Å². The van der Waals surface area contributed by atoms with Crippen LogP contribution in [-0.2, 0) is 4.79 Å². The normalized spacial score (nSPS) is 11.2. The number of aliphatic hydroxyl groups is 1. The molecule has 0 saturated heterocycles. The monoisotopic (exact) mass is 347 g/mol. The number of amides is 1. The number of hydrogen-bond acceptors (Lipinski definition) is 3. The highest BCUT2D eigenvalue weighted by molar-refractivity contribution is 9.10. The summed E-state index contributed by atoms with van der Waals surface area (Å²) in [5, 5.41) is 12.7. The maximum Gasteiger partial charge on any atom is 0.258 e. The van der Waals surface area contributed by atoms with Crippen molar-refractivity contribution in [2.75, 3.05) is 13.2 Å². The Balaban J connectivity index is 2.44. The number of carbonyl (C=O) groups excluding carboxylic acids is 1. The van der Waals surface area contributed by atoms with Gasteiger partial charge in [0.2, 0.25) is 0 Å². The van der Waals surface area contributed by atoms with Crippen LogP contribution in [-0.4, -0.2) is 29.8 Å². The second kappa shape index (κ2) is 7.59. The molecule has 20 heavy (non-hydrogen) atoms. The van der Waals surface area contributed by atoms with Crippen molar-refractivity contribution < 1.29 is 19.0 Å². The highest BCUT2D eigenvalue weighted by Crippen LogP contribution is 2.25. The number of ether oxygens (including phenoxy) is 1. The lowest BCUT2D eigenvalue weighted by molar-refractivity contribution is -0.124. The molecule has 1 aromatic carbocycles. The minimum Gasteiger partial charge on any atom is -0.483 e. The molecule has 0 aromatic heterocycles. The molecule has 0 atom stereocenters. The van der Waals surface area contributed by atoms with Crippen molar-refractivity contribution in [2.24, 2.45) is 0 Å². The van der Waals surface area contributed by atoms with Gasteiger partial charge in [0.05, 0.1) is 10.1 Å². The Bertz CT molecular complexity index is 464. The van der Waals surface area contributed by atoms with E-state index in [-0.39, 0.29) is 24.9 Å². The number of rotatable bonds is 7. The molecule has 1 aromatic rings. The number of nitrogens with one attached hydrogen (secondary N) is 1. The number of halogens is 2. The second-order valence-corrected chi connectivity index (χ2v) is 5.43. The van der Waals surface area contributed by atoms with E-state index >= 15 is 0 Å². The van der Waals surface area contributed by atoms with E-state index in [0.717, 1.165) is 0 Å². The van der Waals surface area contributed by atoms with E-state index in [1.807, 2.05) is 13.8 Å². The Labute approximate surface area is 126 Å². The highest BCUT2D eigenvalue weighted by atomic mass is 79.9. The molecule has 0 spiro atoms. The first-order valence-corrected chi connectivity index (χ1v) is 7.26. The van der Waals surface area contributed by atoms with Crippen LogP contribution >= 0.6 is 15.9 Å². The molecule has 0 radical (unpaired) electrons. The molecule has 0 aliphatic rings. The Kier molecular flexibility index (Phi) is 6.42. The van der Waals surface area contributed by atoms with Crippen molar-refractivity contribution >= 4 is 21.8 Å². The Morgan fingerprint density at radius 1 is 1.45 bits per heavy atom. The molecule has 112 valence electrons. The third kappa shape index (κ3) is 5.09. The highest BCUT2D eigenvalue weighted by Gasteiger charge is 2.22. The van der Waals surface area contributed by atoms with Gasteiger partial charge in [0.15, 0.2) is 6.61 Å². The van der Waals surface area contributed by atoms with E-state index in [9.17, 15) is 14.3 Å². The summed E-state index contributed by atoms with van der Waals surface area (Å²) in [6.07, 6.45) is 1.13. The quantitative estimate of drug-likeness (QED) is 0.797. The van der Waals surface area contributed by atoms with E-state index in [2.05, 4.69) is 21.2 Å². The SMILES string of the molecule is CCC(O)(CC)CNC(=O)COc1ccc(F)cc1Br. The van der Waals surface area contributed by atoms with Gasteiger partial charge in [0.1, 0.15) is 11.6 Å². The van der Waals surface area contributed by atoms with Gasteiger partial charge >= 0.3 is 0 Å². The summed E-state index contributed by atoms with van der Waals surface area (Å²) in [7, 11) is 0. The zero-order chi connectivity index (χ0) is 15.2. The third-order valence-corrected chi connectivity index (χ3v) is 3.80. The molecule has 0 aliphatic heterocycles. The summed E-state index contributed by atoms with van der Waals surface area (Å²) in [6.45, 7) is 3.73. The lowest BCUT2D eigenvalue weighted by atomic mass is 9.98. The molecule has 0 aliphatic carbocycles. The van der Waals surface area contributed by atoms with Crippen LogP contribution in [0.5, 0.6) is 5.75 Å². The van der Waals surface area contributed by atoms with Crippen LogP contribution in [0.1, 0.15) is 26.7 Å². The van der Waals surface area contributed by atoms with Gasteiger partial charge in [-0.3, -0.25) is 4.79 Å². The topological polar surface area (TPSA) is 58.6 Å². The molecule has 0 saturated carbocycles. The maximum atomic E-state index is 12.9. The van der Waals surface area contributed by atoms with Crippen LogP contribution in [0, 0.1) is 5.82 Å². The molecule has 1 amide bonds. The van der Waals surface area contributed by atoms with Gasteiger partial charge in [0.25, 0.3) is 5.91 Å². The lowest BCUT2D eigenvalue weighted by Crippen LogP contribution is -2.43. The molecule has 0 unspecified atom stereocenters. The van der Waals surface area contributed by atoms with Gasteiger partial charge in [0, 0.05) is 6.54 Å². The van der Waals surface area contributed by atoms with Gasteiger partial charge in [-0.2, -0.15) is 0 Å². The summed E-state index contributed by atoms with van der Waals surface area (Å²) in [5.41, 5.74) is -0.883. The Hall–Kier alpha value is -1.14. The van der Waals surface area contributed by atoms with Crippen LogP contribution in [0.4, 0.5) is 4.39 Å². The summed E-state index contributed by atoms with van der Waals surface area (Å²) >= 11 is 3.15. The number of hydrogen-bond donors (Lipinski definition) is 2. The van der Waals surface area contributed by atoms with E-state index < -0.39 is 5.60 Å². The fourth-order valence-corrected chi connectivity index (χ4v) is 2.02. The third-order valence-electron chi connectivity index (χ3n) is 3.18. The van der Waals surface area contributed by atoms with Crippen molar-refractivity contribution in [3.8, 4) is 5.75 Å². The molecule has 4 nitrogen and oxygen atoms in total. The van der Waals surface area contributed by atoms with Crippen LogP contribution in [0.3, 0.4) is 0 Å². The molecule has 6 heteroatoms. The van der Waals surface area contributed by atoms with Crippen molar-refractivity contribution in [1.82, 2.24) is 5.32 Å². The van der Waals surface area contributed by atoms with E-state index in [1.54, 1.807) is 0 Å². The zero-order valence-corrected chi connectivity index (χ0v) is 13.2. The zero-order valence-electron chi connectivity index (χ0n) is 11.6. The molecular weight excluding hydrogens is 329 g/mol. The van der Waals surface area contributed by atoms with E-state index in [4.69, 9.17) is 4.74 Å². The summed E-state index contributed by atoms with van der Waals surface area (Å²) in [4.78, 5) is 11.6. The summed E-state index contributed by atoms with van der Waals surface area (Å²) in [6, 6.07) is 3.96. The average molecular weight is 348 g/mol. The van der Waals surface area contributed by atoms with Crippen molar-refractivity contribution in [1.29, 1.82) is 0 Å². The largest absolute Gasteiger partial charge is 0.483 e. The minimum absolute atomic E-state index is 0.187. The van der Waals surface area contributed by atoms with Crippen molar-refractivity contribution in [3.05, 3.63) is 28.5 Å². The molecule has 2 N–H and O–H groups in total. The van der Waals surface area contributed by atoms with Crippen LogP contribution in [0.2, 0.25) is 0 Å². The van der Waals surface area contributed by atoms with Crippen LogP contribution in [0.25, 0.3) is 0 Å². The van der Waals surface area contributed by atoms with Crippen LogP contribution < -0.4 is 10.1 Å². The lowest BCUT2D eigenvalue weighted by Gasteiger charge is -2.25. The van der Waals surface area contributed by atoms with Gasteiger partial charge in [-0.05, 0) is 47.0 Å². The fraction of sp³-hybridized carbons (Fsp3) is 0.500. The van der Waals surface area contributed by atoms with Gasteiger partial charge < -0.3 is 15.2 Å². The van der Waals surface area contributed by atoms with Crippen LogP contribution in [0.15, 0.2) is 22.7 Å². The smallest absolute Gasteiger partial charge is 0.258 e. The fourth-order valence-electron chi connectivity index (χ4n) is 1.55. The first kappa shape index (κ1) is 16.9. The molecule has 1 rings (SSSR count). The Morgan fingerprint density at radius 3 is 2.65 bits per heavy atom. The molecule has 0 fully saturated rings. The van der Waals surface area contributed by atoms with E-state index in [0.29, 0.717) is 23.1 Å². The number of benzene rings is 1. The predicted octanol–water partition coefficient (Wildman–Crippen LogP) is 2.63. The second-order valence-electron chi connectivity index (χ2n) is 4.57. The van der Waals surface area contributed by atoms with E-state index in [1.165, 1.54) is 18.2 Å². The molecule has 0 heterocycles. The standard InChI is InChI=1S/C14H19BrFNO3/c1-3-14(19,4-2)9-17-13(18)8-20-12-6-5-10(16)7-11(12)15/h5-7,19H,3-4,8-9H2,1-2H3,(H,17,18). The summed E-state index contributed by atoms with van der Waals surface area (Å²) < 4.78 is 18.6. The first-order valence-electron chi connectivity index (χ1n) is 6.47.